The van der Waals surface area contributed by atoms with Gasteiger partial charge in [-0.15, -0.1) is 0 Å². The number of amides is 2. The molecule has 2 N–H and O–H groups in total. The molecule has 2 unspecified atom stereocenters. The Bertz CT molecular complexity index is 321. The highest BCUT2D eigenvalue weighted by atomic mass is 16.5. The third kappa shape index (κ3) is 5.12. The van der Waals surface area contributed by atoms with E-state index in [9.17, 15) is 9.59 Å². The summed E-state index contributed by atoms with van der Waals surface area (Å²) in [4.78, 5) is 22.2. The first-order valence-electron chi connectivity index (χ1n) is 7.42. The van der Waals surface area contributed by atoms with Crippen molar-refractivity contribution in [2.45, 2.75) is 58.6 Å². The number of nitrogens with one attached hydrogen (secondary N) is 2. The van der Waals surface area contributed by atoms with E-state index in [4.69, 9.17) is 4.74 Å². The van der Waals surface area contributed by atoms with Crippen molar-refractivity contribution in [3.63, 3.8) is 0 Å². The molecular formula is C15H28N2O3. The molecule has 2 amide bonds. The SMILES string of the molecule is CNC(=O)C(NC=O)C(C)OCC1CCC(C)(C)CC1. The Kier molecular flexibility index (Phi) is 6.46. The highest BCUT2D eigenvalue weighted by molar-refractivity contribution is 5.83. The summed E-state index contributed by atoms with van der Waals surface area (Å²) in [5.74, 6) is 0.335. The summed E-state index contributed by atoms with van der Waals surface area (Å²) in [5.41, 5.74) is 0.450. The number of likely N-dealkylation sites (N-methyl/N-ethyl adjacent to an activating group) is 1. The first-order valence-corrected chi connectivity index (χ1v) is 7.42. The van der Waals surface area contributed by atoms with Crippen molar-refractivity contribution >= 4 is 12.3 Å². The van der Waals surface area contributed by atoms with E-state index in [1.807, 2.05) is 6.92 Å². The maximum Gasteiger partial charge on any atom is 0.245 e. The zero-order valence-electron chi connectivity index (χ0n) is 13.1. The minimum Gasteiger partial charge on any atom is -0.376 e. The normalized spacial score (nSPS) is 21.8. The predicted molar refractivity (Wildman–Crippen MR) is 78.2 cm³/mol. The topological polar surface area (TPSA) is 67.4 Å². The predicted octanol–water partition coefficient (Wildman–Crippen LogP) is 1.47. The van der Waals surface area contributed by atoms with Crippen molar-refractivity contribution in [2.75, 3.05) is 13.7 Å². The van der Waals surface area contributed by atoms with Crippen molar-refractivity contribution in [2.24, 2.45) is 11.3 Å². The van der Waals surface area contributed by atoms with E-state index in [0.717, 1.165) is 0 Å². The van der Waals surface area contributed by atoms with Gasteiger partial charge in [-0.2, -0.15) is 0 Å². The molecule has 0 aromatic rings. The van der Waals surface area contributed by atoms with Gasteiger partial charge < -0.3 is 15.4 Å². The fourth-order valence-electron chi connectivity index (χ4n) is 2.66. The van der Waals surface area contributed by atoms with Crippen LogP contribution in [-0.2, 0) is 14.3 Å². The molecule has 0 aliphatic heterocycles. The van der Waals surface area contributed by atoms with Gasteiger partial charge >= 0.3 is 0 Å². The van der Waals surface area contributed by atoms with Gasteiger partial charge in [-0.1, -0.05) is 13.8 Å². The Balaban J connectivity index is 2.39. The zero-order chi connectivity index (χ0) is 15.2. The van der Waals surface area contributed by atoms with Gasteiger partial charge in [0, 0.05) is 13.7 Å². The van der Waals surface area contributed by atoms with E-state index in [0.29, 0.717) is 24.3 Å². The quantitative estimate of drug-likeness (QED) is 0.696. The molecule has 0 bridgehead atoms. The van der Waals surface area contributed by atoms with E-state index in [1.54, 1.807) is 7.05 Å². The first kappa shape index (κ1) is 17.0. The van der Waals surface area contributed by atoms with Gasteiger partial charge in [0.1, 0.15) is 6.04 Å². The molecule has 2 atom stereocenters. The Labute approximate surface area is 121 Å². The number of ether oxygens (including phenoxy) is 1. The van der Waals surface area contributed by atoms with Crippen LogP contribution in [0.5, 0.6) is 0 Å². The minimum absolute atomic E-state index is 0.227. The van der Waals surface area contributed by atoms with Crippen LogP contribution in [-0.4, -0.2) is 38.1 Å². The molecular weight excluding hydrogens is 256 g/mol. The molecule has 0 heterocycles. The minimum atomic E-state index is -0.627. The van der Waals surface area contributed by atoms with Crippen LogP contribution in [0.3, 0.4) is 0 Å². The third-order valence-electron chi connectivity index (χ3n) is 4.30. The van der Waals surface area contributed by atoms with Crippen LogP contribution in [0.15, 0.2) is 0 Å². The molecule has 0 aromatic carbocycles. The van der Waals surface area contributed by atoms with E-state index < -0.39 is 6.04 Å². The molecule has 1 aliphatic rings. The summed E-state index contributed by atoms with van der Waals surface area (Å²) in [7, 11) is 1.55. The molecule has 0 spiro atoms. The summed E-state index contributed by atoms with van der Waals surface area (Å²) in [6.45, 7) is 7.10. The lowest BCUT2D eigenvalue weighted by Gasteiger charge is -2.35. The highest BCUT2D eigenvalue weighted by Crippen LogP contribution is 2.38. The summed E-state index contributed by atoms with van der Waals surface area (Å²) in [5, 5.41) is 5.06. The maximum atomic E-state index is 11.7. The second kappa shape index (κ2) is 7.62. The Morgan fingerprint density at radius 3 is 2.50 bits per heavy atom. The molecule has 20 heavy (non-hydrogen) atoms. The molecule has 5 heteroatoms. The Morgan fingerprint density at radius 2 is 2.00 bits per heavy atom. The smallest absolute Gasteiger partial charge is 0.245 e. The summed E-state index contributed by atoms with van der Waals surface area (Å²) in [6, 6.07) is -0.627. The fraction of sp³-hybridized carbons (Fsp3) is 0.867. The average molecular weight is 284 g/mol. The average Bonchev–Trinajstić information content (AvgIpc) is 2.42. The van der Waals surface area contributed by atoms with Gasteiger partial charge in [-0.05, 0) is 43.9 Å². The molecule has 1 fully saturated rings. The molecule has 116 valence electrons. The molecule has 5 nitrogen and oxygen atoms in total. The van der Waals surface area contributed by atoms with Crippen LogP contribution in [0, 0.1) is 11.3 Å². The summed E-state index contributed by atoms with van der Waals surface area (Å²) in [6.07, 6.45) is 5.01. The lowest BCUT2D eigenvalue weighted by Crippen LogP contribution is -2.50. The lowest BCUT2D eigenvalue weighted by atomic mass is 9.73. The monoisotopic (exact) mass is 284 g/mol. The molecule has 1 saturated carbocycles. The number of hydrogen-bond acceptors (Lipinski definition) is 3. The molecule has 0 aromatic heterocycles. The summed E-state index contributed by atoms with van der Waals surface area (Å²) >= 11 is 0. The van der Waals surface area contributed by atoms with E-state index in [2.05, 4.69) is 24.5 Å². The highest BCUT2D eigenvalue weighted by Gasteiger charge is 2.29. The van der Waals surface area contributed by atoms with Crippen molar-refractivity contribution in [3.8, 4) is 0 Å². The zero-order valence-corrected chi connectivity index (χ0v) is 13.1. The summed E-state index contributed by atoms with van der Waals surface area (Å²) < 4.78 is 5.81. The van der Waals surface area contributed by atoms with E-state index in [1.165, 1.54) is 25.7 Å². The van der Waals surface area contributed by atoms with Gasteiger partial charge in [0.2, 0.25) is 12.3 Å². The molecule has 1 aliphatic carbocycles. The van der Waals surface area contributed by atoms with Crippen molar-refractivity contribution in [3.05, 3.63) is 0 Å². The van der Waals surface area contributed by atoms with Gasteiger partial charge in [-0.25, -0.2) is 0 Å². The largest absolute Gasteiger partial charge is 0.376 e. The van der Waals surface area contributed by atoms with Crippen molar-refractivity contribution in [1.82, 2.24) is 10.6 Å². The van der Waals surface area contributed by atoms with E-state index >= 15 is 0 Å². The van der Waals surface area contributed by atoms with E-state index in [-0.39, 0.29) is 12.0 Å². The number of rotatable bonds is 7. The van der Waals surface area contributed by atoms with Crippen LogP contribution < -0.4 is 10.6 Å². The number of carbonyl (C=O) groups excluding carboxylic acids is 2. The van der Waals surface area contributed by atoms with Crippen LogP contribution in [0.4, 0.5) is 0 Å². The van der Waals surface area contributed by atoms with Gasteiger partial charge in [0.05, 0.1) is 6.10 Å². The number of hydrogen-bond donors (Lipinski definition) is 2. The standard InChI is InChI=1S/C15H28N2O3/c1-11(13(17-10-18)14(19)16-4)20-9-12-5-7-15(2,3)8-6-12/h10-13H,5-9H2,1-4H3,(H,16,19)(H,17,18). The third-order valence-corrected chi connectivity index (χ3v) is 4.30. The second-order valence-corrected chi connectivity index (χ2v) is 6.52. The van der Waals surface area contributed by atoms with Crippen molar-refractivity contribution in [1.29, 1.82) is 0 Å². The van der Waals surface area contributed by atoms with Gasteiger partial charge in [0.25, 0.3) is 0 Å². The van der Waals surface area contributed by atoms with Crippen LogP contribution >= 0.6 is 0 Å². The second-order valence-electron chi connectivity index (χ2n) is 6.52. The number of carbonyl (C=O) groups is 2. The van der Waals surface area contributed by atoms with Crippen LogP contribution in [0.25, 0.3) is 0 Å². The fourth-order valence-corrected chi connectivity index (χ4v) is 2.66. The van der Waals surface area contributed by atoms with Crippen LogP contribution in [0.1, 0.15) is 46.5 Å². The van der Waals surface area contributed by atoms with Crippen molar-refractivity contribution < 1.29 is 14.3 Å². The first-order chi connectivity index (χ1) is 9.39. The Hall–Kier alpha value is -1.10. The molecule has 0 radical (unpaired) electrons. The Morgan fingerprint density at radius 1 is 1.40 bits per heavy atom. The maximum absolute atomic E-state index is 11.7. The molecule has 1 rings (SSSR count). The lowest BCUT2D eigenvalue weighted by molar-refractivity contribution is -0.129. The van der Waals surface area contributed by atoms with Gasteiger partial charge in [-0.3, -0.25) is 9.59 Å². The van der Waals surface area contributed by atoms with Gasteiger partial charge in [0.15, 0.2) is 0 Å². The molecule has 0 saturated heterocycles. The van der Waals surface area contributed by atoms with Crippen LogP contribution in [0.2, 0.25) is 0 Å².